The van der Waals surface area contributed by atoms with Crippen molar-refractivity contribution in [3.63, 3.8) is 0 Å². The average Bonchev–Trinajstić information content (AvgIpc) is 3.06. The molecular formula is C21H26N4O4. The molecule has 0 radical (unpaired) electrons. The summed E-state index contributed by atoms with van der Waals surface area (Å²) in [6.07, 6.45) is 4.52. The van der Waals surface area contributed by atoms with Gasteiger partial charge in [0, 0.05) is 51.1 Å². The molecule has 154 valence electrons. The van der Waals surface area contributed by atoms with Gasteiger partial charge in [0.2, 0.25) is 5.91 Å². The highest BCUT2D eigenvalue weighted by Crippen LogP contribution is 2.25. The van der Waals surface area contributed by atoms with Gasteiger partial charge in [0.15, 0.2) is 5.82 Å². The quantitative estimate of drug-likeness (QED) is 0.775. The second-order valence-electron chi connectivity index (χ2n) is 7.37. The van der Waals surface area contributed by atoms with Crippen molar-refractivity contribution < 1.29 is 19.1 Å². The SMILES string of the molecule is Cn1ccnc1C(=O)N1CCOc2ccc(CCC(=O)N3CCOCC3)cc2C1. The number of carbonyl (C=O) groups excluding carboxylic acids is 2. The fourth-order valence-electron chi connectivity index (χ4n) is 3.71. The molecule has 0 N–H and O–H groups in total. The van der Waals surface area contributed by atoms with E-state index in [2.05, 4.69) is 4.98 Å². The summed E-state index contributed by atoms with van der Waals surface area (Å²) in [5.74, 6) is 1.26. The van der Waals surface area contributed by atoms with Crippen molar-refractivity contribution >= 4 is 11.8 Å². The second-order valence-corrected chi connectivity index (χ2v) is 7.37. The van der Waals surface area contributed by atoms with E-state index in [4.69, 9.17) is 9.47 Å². The molecule has 2 aliphatic rings. The van der Waals surface area contributed by atoms with Crippen LogP contribution in [0.2, 0.25) is 0 Å². The van der Waals surface area contributed by atoms with E-state index in [-0.39, 0.29) is 11.8 Å². The lowest BCUT2D eigenvalue weighted by molar-refractivity contribution is -0.135. The van der Waals surface area contributed by atoms with Crippen LogP contribution in [0, 0.1) is 0 Å². The molecule has 0 atom stereocenters. The maximum Gasteiger partial charge on any atom is 0.290 e. The summed E-state index contributed by atoms with van der Waals surface area (Å²) < 4.78 is 12.9. The van der Waals surface area contributed by atoms with Gasteiger partial charge in [-0.3, -0.25) is 9.59 Å². The largest absolute Gasteiger partial charge is 0.491 e. The highest BCUT2D eigenvalue weighted by Gasteiger charge is 2.24. The van der Waals surface area contributed by atoms with Crippen molar-refractivity contribution in [3.05, 3.63) is 47.5 Å². The van der Waals surface area contributed by atoms with Gasteiger partial charge in [-0.25, -0.2) is 4.98 Å². The minimum absolute atomic E-state index is 0.109. The predicted molar refractivity (Wildman–Crippen MR) is 106 cm³/mol. The Morgan fingerprint density at radius 1 is 1.10 bits per heavy atom. The van der Waals surface area contributed by atoms with Gasteiger partial charge in [0.05, 0.1) is 19.8 Å². The monoisotopic (exact) mass is 398 g/mol. The Labute approximate surface area is 170 Å². The van der Waals surface area contributed by atoms with Crippen LogP contribution >= 0.6 is 0 Å². The van der Waals surface area contributed by atoms with E-state index in [0.717, 1.165) is 16.9 Å². The van der Waals surface area contributed by atoms with Crippen LogP contribution in [0.1, 0.15) is 28.2 Å². The van der Waals surface area contributed by atoms with Crippen LogP contribution < -0.4 is 4.74 Å². The van der Waals surface area contributed by atoms with Gasteiger partial charge < -0.3 is 23.8 Å². The summed E-state index contributed by atoms with van der Waals surface area (Å²) in [6.45, 7) is 3.97. The molecule has 8 nitrogen and oxygen atoms in total. The van der Waals surface area contributed by atoms with Gasteiger partial charge in [-0.1, -0.05) is 12.1 Å². The van der Waals surface area contributed by atoms with Crippen LogP contribution in [-0.4, -0.2) is 70.6 Å². The molecule has 2 aliphatic heterocycles. The zero-order valence-corrected chi connectivity index (χ0v) is 16.7. The summed E-state index contributed by atoms with van der Waals surface area (Å²) in [7, 11) is 1.81. The number of aromatic nitrogens is 2. The summed E-state index contributed by atoms with van der Waals surface area (Å²) in [5, 5.41) is 0. The maximum absolute atomic E-state index is 12.8. The summed E-state index contributed by atoms with van der Waals surface area (Å²) >= 11 is 0. The molecule has 1 saturated heterocycles. The zero-order valence-electron chi connectivity index (χ0n) is 16.7. The van der Waals surface area contributed by atoms with E-state index in [1.165, 1.54) is 0 Å². The molecule has 1 aromatic carbocycles. The van der Waals surface area contributed by atoms with Gasteiger partial charge >= 0.3 is 0 Å². The number of amides is 2. The lowest BCUT2D eigenvalue weighted by Crippen LogP contribution is -2.40. The third-order valence-electron chi connectivity index (χ3n) is 5.40. The summed E-state index contributed by atoms with van der Waals surface area (Å²) in [5.41, 5.74) is 2.03. The van der Waals surface area contributed by atoms with Gasteiger partial charge in [-0.15, -0.1) is 0 Å². The first-order chi connectivity index (χ1) is 14.1. The van der Waals surface area contributed by atoms with E-state index in [9.17, 15) is 9.59 Å². The Morgan fingerprint density at radius 2 is 1.90 bits per heavy atom. The van der Waals surface area contributed by atoms with Crippen LogP contribution in [0.5, 0.6) is 5.75 Å². The van der Waals surface area contributed by atoms with Crippen molar-refractivity contribution in [2.75, 3.05) is 39.5 Å². The number of hydrogen-bond acceptors (Lipinski definition) is 5. The molecule has 8 heteroatoms. The van der Waals surface area contributed by atoms with Gasteiger partial charge in [-0.2, -0.15) is 0 Å². The summed E-state index contributed by atoms with van der Waals surface area (Å²) in [6, 6.07) is 5.99. The molecule has 0 saturated carbocycles. The molecule has 0 aliphatic carbocycles. The predicted octanol–water partition coefficient (Wildman–Crippen LogP) is 1.25. The number of benzene rings is 1. The molecule has 3 heterocycles. The van der Waals surface area contributed by atoms with Crippen molar-refractivity contribution in [2.24, 2.45) is 7.05 Å². The third kappa shape index (κ3) is 4.42. The Hall–Kier alpha value is -2.87. The fourth-order valence-corrected chi connectivity index (χ4v) is 3.71. The minimum atomic E-state index is -0.109. The van der Waals surface area contributed by atoms with Gasteiger partial charge in [-0.05, 0) is 18.1 Å². The number of ether oxygens (including phenoxy) is 2. The van der Waals surface area contributed by atoms with Crippen LogP contribution in [0.4, 0.5) is 0 Å². The highest BCUT2D eigenvalue weighted by atomic mass is 16.5. The molecule has 4 rings (SSSR count). The maximum atomic E-state index is 12.8. The second kappa shape index (κ2) is 8.65. The number of fused-ring (bicyclic) bond motifs is 1. The molecule has 0 bridgehead atoms. The zero-order chi connectivity index (χ0) is 20.2. The van der Waals surface area contributed by atoms with E-state index in [1.807, 2.05) is 30.1 Å². The molecule has 0 spiro atoms. The number of nitrogens with zero attached hydrogens (tertiary/aromatic N) is 4. The number of carbonyl (C=O) groups is 2. The fraction of sp³-hybridized carbons (Fsp3) is 0.476. The molecule has 29 heavy (non-hydrogen) atoms. The number of rotatable bonds is 4. The van der Waals surface area contributed by atoms with E-state index >= 15 is 0 Å². The number of aryl methyl sites for hydroxylation is 2. The molecular weight excluding hydrogens is 372 g/mol. The Kier molecular flexibility index (Phi) is 5.80. The Balaban J connectivity index is 1.43. The summed E-state index contributed by atoms with van der Waals surface area (Å²) in [4.78, 5) is 33.0. The number of imidazole rings is 1. The molecule has 0 unspecified atom stereocenters. The standard InChI is InChI=1S/C21H26N4O4/c1-23-7-6-22-20(23)21(27)25-10-13-29-18-4-2-16(14-17(18)15-25)3-5-19(26)24-8-11-28-12-9-24/h2,4,6-7,14H,3,5,8-13,15H2,1H3. The number of hydrogen-bond donors (Lipinski definition) is 0. The van der Waals surface area contributed by atoms with E-state index < -0.39 is 0 Å². The van der Waals surface area contributed by atoms with Crippen molar-refractivity contribution in [3.8, 4) is 5.75 Å². The lowest BCUT2D eigenvalue weighted by Gasteiger charge is -2.26. The van der Waals surface area contributed by atoms with Crippen molar-refractivity contribution in [1.82, 2.24) is 19.4 Å². The normalized spacial score (nSPS) is 16.7. The molecule has 2 amide bonds. The first-order valence-electron chi connectivity index (χ1n) is 9.98. The average molecular weight is 398 g/mol. The first-order valence-corrected chi connectivity index (χ1v) is 9.98. The van der Waals surface area contributed by atoms with Crippen LogP contribution in [-0.2, 0) is 29.5 Å². The van der Waals surface area contributed by atoms with E-state index in [1.54, 1.807) is 21.9 Å². The van der Waals surface area contributed by atoms with Crippen LogP contribution in [0.25, 0.3) is 0 Å². The smallest absolute Gasteiger partial charge is 0.290 e. The van der Waals surface area contributed by atoms with Crippen molar-refractivity contribution in [1.29, 1.82) is 0 Å². The van der Waals surface area contributed by atoms with E-state index in [0.29, 0.717) is 64.7 Å². The first kappa shape index (κ1) is 19.4. The van der Waals surface area contributed by atoms with Gasteiger partial charge in [0.1, 0.15) is 12.4 Å². The third-order valence-corrected chi connectivity index (χ3v) is 5.40. The number of morpholine rings is 1. The lowest BCUT2D eigenvalue weighted by atomic mass is 10.0. The molecule has 1 fully saturated rings. The molecule has 1 aromatic heterocycles. The minimum Gasteiger partial charge on any atom is -0.491 e. The van der Waals surface area contributed by atoms with Crippen LogP contribution in [0.15, 0.2) is 30.6 Å². The topological polar surface area (TPSA) is 76.9 Å². The highest BCUT2D eigenvalue weighted by molar-refractivity contribution is 5.90. The Morgan fingerprint density at radius 3 is 2.66 bits per heavy atom. The Bertz CT molecular complexity index is 889. The van der Waals surface area contributed by atoms with Crippen molar-refractivity contribution in [2.45, 2.75) is 19.4 Å². The van der Waals surface area contributed by atoms with Gasteiger partial charge in [0.25, 0.3) is 5.91 Å². The van der Waals surface area contributed by atoms with Crippen LogP contribution in [0.3, 0.4) is 0 Å². The molecule has 2 aromatic rings.